The molecular weight excluding hydrogens is 258 g/mol. The van der Waals surface area contributed by atoms with Gasteiger partial charge in [0.2, 0.25) is 0 Å². The fourth-order valence-electron chi connectivity index (χ4n) is 2.94. The Morgan fingerprint density at radius 1 is 1.37 bits per heavy atom. The number of ether oxygens (including phenoxy) is 1. The Morgan fingerprint density at radius 2 is 2.21 bits per heavy atom. The summed E-state index contributed by atoms with van der Waals surface area (Å²) < 4.78 is 6.21. The molecule has 0 aliphatic heterocycles. The van der Waals surface area contributed by atoms with Crippen molar-refractivity contribution in [3.63, 3.8) is 0 Å². The first kappa shape index (κ1) is 14.7. The normalized spacial score (nSPS) is 23.3. The number of hydrogen-bond donors (Lipinski definition) is 1. The molecule has 0 radical (unpaired) electrons. The lowest BCUT2D eigenvalue weighted by atomic mass is 9.85. The summed E-state index contributed by atoms with van der Waals surface area (Å²) >= 11 is 6.25. The first-order chi connectivity index (χ1) is 9.24. The molecule has 2 atom stereocenters. The lowest BCUT2D eigenvalue weighted by Crippen LogP contribution is -2.25. The summed E-state index contributed by atoms with van der Waals surface area (Å²) in [4.78, 5) is 0. The number of rotatable bonds is 5. The highest BCUT2D eigenvalue weighted by atomic mass is 35.5. The molecule has 106 valence electrons. The molecule has 1 aliphatic rings. The Bertz CT molecular complexity index is 408. The third kappa shape index (κ3) is 3.87. The number of nitrogens with two attached hydrogens (primary N) is 1. The van der Waals surface area contributed by atoms with E-state index in [1.54, 1.807) is 0 Å². The second-order valence-electron chi connectivity index (χ2n) is 5.44. The monoisotopic (exact) mass is 281 g/mol. The van der Waals surface area contributed by atoms with Crippen LogP contribution < -0.4 is 10.5 Å². The van der Waals surface area contributed by atoms with Gasteiger partial charge in [-0.2, -0.15) is 0 Å². The second-order valence-corrected chi connectivity index (χ2v) is 5.84. The Hall–Kier alpha value is -0.730. The third-order valence-corrected chi connectivity index (χ3v) is 4.43. The van der Waals surface area contributed by atoms with E-state index in [1.165, 1.54) is 25.7 Å². The molecule has 1 aliphatic carbocycles. The van der Waals surface area contributed by atoms with Gasteiger partial charge in [0.25, 0.3) is 0 Å². The van der Waals surface area contributed by atoms with Crippen molar-refractivity contribution in [1.82, 2.24) is 0 Å². The molecule has 0 aromatic heterocycles. The van der Waals surface area contributed by atoms with Gasteiger partial charge in [0.05, 0.1) is 6.10 Å². The zero-order valence-corrected chi connectivity index (χ0v) is 12.5. The Morgan fingerprint density at radius 3 is 2.95 bits per heavy atom. The molecule has 2 unspecified atom stereocenters. The predicted octanol–water partition coefficient (Wildman–Crippen LogP) is 4.19. The van der Waals surface area contributed by atoms with E-state index in [2.05, 4.69) is 6.92 Å². The molecule has 0 spiro atoms. The van der Waals surface area contributed by atoms with Crippen molar-refractivity contribution in [2.24, 2.45) is 11.7 Å². The third-order valence-electron chi connectivity index (χ3n) is 4.08. The fraction of sp³-hybridized carbons (Fsp3) is 0.625. The molecule has 0 amide bonds. The molecule has 0 saturated heterocycles. The van der Waals surface area contributed by atoms with Crippen LogP contribution in [0.4, 0.5) is 0 Å². The molecule has 3 heteroatoms. The van der Waals surface area contributed by atoms with Gasteiger partial charge in [0.15, 0.2) is 0 Å². The molecule has 0 heterocycles. The van der Waals surface area contributed by atoms with Crippen LogP contribution in [0.1, 0.15) is 44.6 Å². The van der Waals surface area contributed by atoms with Crippen LogP contribution in [-0.4, -0.2) is 12.6 Å². The minimum Gasteiger partial charge on any atom is -0.490 e. The summed E-state index contributed by atoms with van der Waals surface area (Å²) in [5.74, 6) is 1.75. The maximum Gasteiger partial charge on any atom is 0.124 e. The highest BCUT2D eigenvalue weighted by Gasteiger charge is 2.23. The lowest BCUT2D eigenvalue weighted by Gasteiger charge is -2.29. The Kier molecular flexibility index (Phi) is 5.53. The minimum absolute atomic E-state index is 0.341. The average molecular weight is 282 g/mol. The SMILES string of the molecule is CCC1CCCC(Oc2cccc(Cl)c2CCN)C1. The summed E-state index contributed by atoms with van der Waals surface area (Å²) in [6, 6.07) is 5.89. The number of benzene rings is 1. The van der Waals surface area contributed by atoms with E-state index in [4.69, 9.17) is 22.1 Å². The van der Waals surface area contributed by atoms with Crippen molar-refractivity contribution in [1.29, 1.82) is 0 Å². The van der Waals surface area contributed by atoms with Gasteiger partial charge in [-0.05, 0) is 50.3 Å². The van der Waals surface area contributed by atoms with Crippen LogP contribution in [0, 0.1) is 5.92 Å². The van der Waals surface area contributed by atoms with Gasteiger partial charge in [0, 0.05) is 10.6 Å². The van der Waals surface area contributed by atoms with E-state index >= 15 is 0 Å². The van der Waals surface area contributed by atoms with Crippen molar-refractivity contribution < 1.29 is 4.74 Å². The molecule has 1 fully saturated rings. The summed E-state index contributed by atoms with van der Waals surface area (Å²) in [5, 5.41) is 0.769. The first-order valence-corrected chi connectivity index (χ1v) is 7.76. The quantitative estimate of drug-likeness (QED) is 0.878. The van der Waals surface area contributed by atoms with E-state index in [0.717, 1.165) is 35.1 Å². The van der Waals surface area contributed by atoms with Crippen LogP contribution >= 0.6 is 11.6 Å². The summed E-state index contributed by atoms with van der Waals surface area (Å²) in [6.07, 6.45) is 7.33. The van der Waals surface area contributed by atoms with E-state index in [0.29, 0.717) is 12.6 Å². The highest BCUT2D eigenvalue weighted by molar-refractivity contribution is 6.31. The zero-order chi connectivity index (χ0) is 13.7. The molecule has 2 rings (SSSR count). The standard InChI is InChI=1S/C16H24ClNO/c1-2-12-5-3-6-13(11-12)19-16-8-4-7-15(17)14(16)9-10-18/h4,7-8,12-13H,2-3,5-6,9-11,18H2,1H3. The van der Waals surface area contributed by atoms with Crippen LogP contribution in [0.25, 0.3) is 0 Å². The molecule has 1 aromatic carbocycles. The summed E-state index contributed by atoms with van der Waals surface area (Å²) in [7, 11) is 0. The Balaban J connectivity index is 2.07. The van der Waals surface area contributed by atoms with Gasteiger partial charge in [-0.3, -0.25) is 0 Å². The van der Waals surface area contributed by atoms with Crippen molar-refractivity contribution in [3.8, 4) is 5.75 Å². The van der Waals surface area contributed by atoms with Crippen LogP contribution in [0.3, 0.4) is 0 Å². The van der Waals surface area contributed by atoms with E-state index < -0.39 is 0 Å². The van der Waals surface area contributed by atoms with Gasteiger partial charge < -0.3 is 10.5 Å². The Labute approximate surface area is 121 Å². The van der Waals surface area contributed by atoms with Gasteiger partial charge in [-0.15, -0.1) is 0 Å². The lowest BCUT2D eigenvalue weighted by molar-refractivity contribution is 0.121. The molecule has 0 bridgehead atoms. The predicted molar refractivity (Wildman–Crippen MR) is 80.9 cm³/mol. The zero-order valence-electron chi connectivity index (χ0n) is 11.7. The van der Waals surface area contributed by atoms with E-state index in [9.17, 15) is 0 Å². The maximum absolute atomic E-state index is 6.25. The highest BCUT2D eigenvalue weighted by Crippen LogP contribution is 2.33. The van der Waals surface area contributed by atoms with Crippen LogP contribution in [0.5, 0.6) is 5.75 Å². The van der Waals surface area contributed by atoms with E-state index in [-0.39, 0.29) is 0 Å². The fourth-order valence-corrected chi connectivity index (χ4v) is 3.20. The molecular formula is C16H24ClNO. The van der Waals surface area contributed by atoms with Crippen LogP contribution in [-0.2, 0) is 6.42 Å². The summed E-state index contributed by atoms with van der Waals surface area (Å²) in [5.41, 5.74) is 6.72. The van der Waals surface area contributed by atoms with Crippen LogP contribution in [0.15, 0.2) is 18.2 Å². The topological polar surface area (TPSA) is 35.2 Å². The molecule has 19 heavy (non-hydrogen) atoms. The van der Waals surface area contributed by atoms with Crippen molar-refractivity contribution in [2.75, 3.05) is 6.54 Å². The first-order valence-electron chi connectivity index (χ1n) is 7.38. The largest absolute Gasteiger partial charge is 0.490 e. The van der Waals surface area contributed by atoms with Gasteiger partial charge >= 0.3 is 0 Å². The average Bonchev–Trinajstić information content (AvgIpc) is 2.43. The van der Waals surface area contributed by atoms with Crippen molar-refractivity contribution in [3.05, 3.63) is 28.8 Å². The van der Waals surface area contributed by atoms with Crippen molar-refractivity contribution >= 4 is 11.6 Å². The maximum atomic E-state index is 6.25. The molecule has 2 N–H and O–H groups in total. The van der Waals surface area contributed by atoms with Crippen LogP contribution in [0.2, 0.25) is 5.02 Å². The smallest absolute Gasteiger partial charge is 0.124 e. The molecule has 2 nitrogen and oxygen atoms in total. The second kappa shape index (κ2) is 7.16. The molecule has 1 saturated carbocycles. The van der Waals surface area contributed by atoms with Gasteiger partial charge in [-0.1, -0.05) is 37.4 Å². The minimum atomic E-state index is 0.341. The van der Waals surface area contributed by atoms with Gasteiger partial charge in [0.1, 0.15) is 5.75 Å². The number of hydrogen-bond acceptors (Lipinski definition) is 2. The summed E-state index contributed by atoms with van der Waals surface area (Å²) in [6.45, 7) is 2.87. The number of halogens is 1. The van der Waals surface area contributed by atoms with E-state index in [1.807, 2.05) is 18.2 Å². The van der Waals surface area contributed by atoms with Gasteiger partial charge in [-0.25, -0.2) is 0 Å². The molecule has 1 aromatic rings. The van der Waals surface area contributed by atoms with Crippen molar-refractivity contribution in [2.45, 2.75) is 51.6 Å².